The van der Waals surface area contributed by atoms with Crippen LogP contribution in [0.4, 0.5) is 0 Å². The van der Waals surface area contributed by atoms with Gasteiger partial charge in [-0.2, -0.15) is 12.6 Å². The monoisotopic (exact) mass is 216 g/mol. The van der Waals surface area contributed by atoms with Crippen molar-refractivity contribution >= 4 is 24.0 Å². The quantitative estimate of drug-likeness (QED) is 0.544. The zero-order valence-corrected chi connectivity index (χ0v) is 9.45. The largest absolute Gasteiger partial charge is 0.381 e. The van der Waals surface area contributed by atoms with Gasteiger partial charge in [0.2, 0.25) is 0 Å². The molecule has 0 aromatic carbocycles. The summed E-state index contributed by atoms with van der Waals surface area (Å²) in [5.41, 5.74) is 0. The molecule has 0 saturated carbocycles. The molecule has 3 heteroatoms. The highest BCUT2D eigenvalue weighted by atomic mass is 32.1. The zero-order valence-electron chi connectivity index (χ0n) is 7.74. The molecule has 0 unspecified atom stereocenters. The minimum Gasteiger partial charge on any atom is -0.381 e. The second-order valence-electron chi connectivity index (χ2n) is 2.87. The van der Waals surface area contributed by atoms with Crippen molar-refractivity contribution in [3.63, 3.8) is 0 Å². The molecule has 0 saturated heterocycles. The van der Waals surface area contributed by atoms with E-state index in [9.17, 15) is 0 Å². The molecule has 1 nitrogen and oxygen atoms in total. The number of rotatable bonds is 7. The second kappa shape index (κ2) is 7.42. The topological polar surface area (TPSA) is 9.23 Å². The van der Waals surface area contributed by atoms with E-state index in [1.54, 1.807) is 11.3 Å². The lowest BCUT2D eigenvalue weighted by Gasteiger charge is -2.01. The van der Waals surface area contributed by atoms with E-state index < -0.39 is 0 Å². The van der Waals surface area contributed by atoms with Crippen LogP contribution in [0, 0.1) is 0 Å². The Morgan fingerprint density at radius 1 is 1.31 bits per heavy atom. The first-order chi connectivity index (χ1) is 6.43. The molecule has 1 heterocycles. The van der Waals surface area contributed by atoms with Gasteiger partial charge in [-0.05, 0) is 30.0 Å². The summed E-state index contributed by atoms with van der Waals surface area (Å²) in [4.78, 5) is 1.41. The number of thiophene rings is 1. The van der Waals surface area contributed by atoms with E-state index in [1.165, 1.54) is 4.88 Å². The van der Waals surface area contributed by atoms with E-state index in [1.807, 2.05) is 0 Å². The molecule has 0 bridgehead atoms. The summed E-state index contributed by atoms with van der Waals surface area (Å²) < 4.78 is 5.48. The Bertz CT molecular complexity index is 197. The van der Waals surface area contributed by atoms with Gasteiger partial charge < -0.3 is 4.74 Å². The van der Waals surface area contributed by atoms with Crippen LogP contribution in [0.25, 0.3) is 0 Å². The average Bonchev–Trinajstić information content (AvgIpc) is 2.63. The first kappa shape index (κ1) is 11.1. The molecule has 0 spiro atoms. The number of ether oxygens (including phenoxy) is 1. The maximum atomic E-state index is 5.48. The van der Waals surface area contributed by atoms with Crippen LogP contribution in [0.2, 0.25) is 0 Å². The molecule has 0 aliphatic rings. The summed E-state index contributed by atoms with van der Waals surface area (Å²) in [5, 5.41) is 2.11. The molecule has 1 rings (SSSR count). The summed E-state index contributed by atoms with van der Waals surface area (Å²) in [6.07, 6.45) is 3.34. The van der Waals surface area contributed by atoms with E-state index in [2.05, 4.69) is 30.1 Å². The molecular weight excluding hydrogens is 200 g/mol. The number of thiol groups is 1. The van der Waals surface area contributed by atoms with Crippen molar-refractivity contribution in [2.24, 2.45) is 0 Å². The van der Waals surface area contributed by atoms with Crippen molar-refractivity contribution in [3.8, 4) is 0 Å². The van der Waals surface area contributed by atoms with Gasteiger partial charge in [-0.25, -0.2) is 0 Å². The zero-order chi connectivity index (χ0) is 9.36. The van der Waals surface area contributed by atoms with Crippen LogP contribution >= 0.6 is 24.0 Å². The molecule has 0 aliphatic heterocycles. The smallest absolute Gasteiger partial charge is 0.0514 e. The normalized spacial score (nSPS) is 10.5. The standard InChI is InChI=1S/C10H16OS2/c12-8-2-1-6-11-7-5-10-4-3-9-13-10/h3-4,9,12H,1-2,5-8H2. The molecule has 0 amide bonds. The van der Waals surface area contributed by atoms with E-state index in [0.29, 0.717) is 0 Å². The fourth-order valence-electron chi connectivity index (χ4n) is 1.05. The summed E-state index contributed by atoms with van der Waals surface area (Å²) in [6.45, 7) is 1.74. The van der Waals surface area contributed by atoms with Gasteiger partial charge in [-0.3, -0.25) is 0 Å². The molecule has 1 aromatic heterocycles. The van der Waals surface area contributed by atoms with Crippen LogP contribution in [-0.4, -0.2) is 19.0 Å². The van der Waals surface area contributed by atoms with E-state index in [0.717, 1.165) is 38.2 Å². The van der Waals surface area contributed by atoms with Crippen molar-refractivity contribution < 1.29 is 4.74 Å². The van der Waals surface area contributed by atoms with Crippen molar-refractivity contribution in [1.82, 2.24) is 0 Å². The predicted octanol–water partition coefficient (Wildman–Crippen LogP) is 3.02. The molecule has 0 atom stereocenters. The third kappa shape index (κ3) is 5.34. The van der Waals surface area contributed by atoms with E-state index in [-0.39, 0.29) is 0 Å². The Morgan fingerprint density at radius 3 is 2.92 bits per heavy atom. The highest BCUT2D eigenvalue weighted by Gasteiger charge is 1.93. The first-order valence-corrected chi connectivity index (χ1v) is 6.15. The van der Waals surface area contributed by atoms with Crippen LogP contribution in [-0.2, 0) is 11.2 Å². The number of hydrogen-bond donors (Lipinski definition) is 1. The van der Waals surface area contributed by atoms with Crippen LogP contribution in [0.3, 0.4) is 0 Å². The van der Waals surface area contributed by atoms with Crippen molar-refractivity contribution in [1.29, 1.82) is 0 Å². The summed E-state index contributed by atoms with van der Waals surface area (Å²) in [7, 11) is 0. The summed E-state index contributed by atoms with van der Waals surface area (Å²) >= 11 is 5.94. The number of unbranched alkanes of at least 4 members (excludes halogenated alkanes) is 1. The Hall–Kier alpha value is 0.01000. The van der Waals surface area contributed by atoms with Gasteiger partial charge in [0, 0.05) is 17.9 Å². The van der Waals surface area contributed by atoms with Gasteiger partial charge in [-0.1, -0.05) is 6.07 Å². The van der Waals surface area contributed by atoms with Gasteiger partial charge in [-0.15, -0.1) is 11.3 Å². The van der Waals surface area contributed by atoms with Crippen LogP contribution < -0.4 is 0 Å². The van der Waals surface area contributed by atoms with Gasteiger partial charge in [0.25, 0.3) is 0 Å². The van der Waals surface area contributed by atoms with Crippen molar-refractivity contribution in [2.45, 2.75) is 19.3 Å². The van der Waals surface area contributed by atoms with Crippen LogP contribution in [0.1, 0.15) is 17.7 Å². The molecule has 0 aliphatic carbocycles. The minimum atomic E-state index is 0.854. The Labute approximate surface area is 89.5 Å². The molecule has 0 radical (unpaired) electrons. The average molecular weight is 216 g/mol. The Balaban J connectivity index is 1.90. The third-order valence-corrected chi connectivity index (χ3v) is 3.02. The maximum Gasteiger partial charge on any atom is 0.0514 e. The maximum absolute atomic E-state index is 5.48. The lowest BCUT2D eigenvalue weighted by molar-refractivity contribution is 0.135. The predicted molar refractivity (Wildman–Crippen MR) is 61.9 cm³/mol. The fourth-order valence-corrected chi connectivity index (χ4v) is 1.96. The SMILES string of the molecule is SCCCCOCCc1cccs1. The highest BCUT2D eigenvalue weighted by molar-refractivity contribution is 7.80. The van der Waals surface area contributed by atoms with Crippen molar-refractivity contribution in [2.75, 3.05) is 19.0 Å². The van der Waals surface area contributed by atoms with Gasteiger partial charge in [0.1, 0.15) is 0 Å². The first-order valence-electron chi connectivity index (χ1n) is 4.64. The molecule has 74 valence electrons. The fraction of sp³-hybridized carbons (Fsp3) is 0.600. The Kier molecular flexibility index (Phi) is 6.33. The summed E-state index contributed by atoms with van der Waals surface area (Å²) in [5.74, 6) is 0.967. The molecule has 0 fully saturated rings. The second-order valence-corrected chi connectivity index (χ2v) is 4.35. The molecule has 0 N–H and O–H groups in total. The number of hydrogen-bond acceptors (Lipinski definition) is 3. The van der Waals surface area contributed by atoms with Crippen LogP contribution in [0.15, 0.2) is 17.5 Å². The van der Waals surface area contributed by atoms with Crippen molar-refractivity contribution in [3.05, 3.63) is 22.4 Å². The van der Waals surface area contributed by atoms with Gasteiger partial charge in [0.15, 0.2) is 0 Å². The third-order valence-electron chi connectivity index (χ3n) is 1.77. The van der Waals surface area contributed by atoms with E-state index >= 15 is 0 Å². The molecule has 1 aromatic rings. The highest BCUT2D eigenvalue weighted by Crippen LogP contribution is 2.08. The summed E-state index contributed by atoms with van der Waals surface area (Å²) in [6, 6.07) is 4.24. The molecule has 13 heavy (non-hydrogen) atoms. The van der Waals surface area contributed by atoms with E-state index in [4.69, 9.17) is 4.74 Å². The van der Waals surface area contributed by atoms with Gasteiger partial charge in [0.05, 0.1) is 6.61 Å². The Morgan fingerprint density at radius 2 is 2.23 bits per heavy atom. The minimum absolute atomic E-state index is 0.854. The molecular formula is C10H16OS2. The lowest BCUT2D eigenvalue weighted by Crippen LogP contribution is -1.99. The van der Waals surface area contributed by atoms with Crippen LogP contribution in [0.5, 0.6) is 0 Å². The lowest BCUT2D eigenvalue weighted by atomic mass is 10.3. The van der Waals surface area contributed by atoms with Gasteiger partial charge >= 0.3 is 0 Å².